The summed E-state index contributed by atoms with van der Waals surface area (Å²) in [6.07, 6.45) is 1.29. The van der Waals surface area contributed by atoms with Crippen LogP contribution in [0.25, 0.3) is 0 Å². The van der Waals surface area contributed by atoms with Gasteiger partial charge in [0.1, 0.15) is 5.75 Å². The summed E-state index contributed by atoms with van der Waals surface area (Å²) in [6, 6.07) is 8.21. The lowest BCUT2D eigenvalue weighted by molar-refractivity contribution is 0.372. The second-order valence-corrected chi connectivity index (χ2v) is 6.06. The van der Waals surface area contributed by atoms with Crippen LogP contribution in [0.15, 0.2) is 39.8 Å². The van der Waals surface area contributed by atoms with Crippen LogP contribution in [-0.2, 0) is 22.0 Å². The highest BCUT2D eigenvalue weighted by Gasteiger charge is 2.18. The van der Waals surface area contributed by atoms with E-state index in [9.17, 15) is 8.42 Å². The summed E-state index contributed by atoms with van der Waals surface area (Å²) in [5.74, 6) is 0.336. The molecule has 0 saturated carbocycles. The van der Waals surface area contributed by atoms with Crippen molar-refractivity contribution < 1.29 is 12.9 Å². The lowest BCUT2D eigenvalue weighted by Gasteiger charge is -2.00. The minimum absolute atomic E-state index is 0. The van der Waals surface area contributed by atoms with Crippen molar-refractivity contribution in [3.63, 3.8) is 0 Å². The fourth-order valence-electron chi connectivity index (χ4n) is 1.58. The van der Waals surface area contributed by atoms with Crippen molar-refractivity contribution in [1.29, 1.82) is 0 Å². The third kappa shape index (κ3) is 4.29. The Bertz CT molecular complexity index is 628. The highest BCUT2D eigenvalue weighted by molar-refractivity contribution is 7.90. The van der Waals surface area contributed by atoms with Gasteiger partial charge in [-0.25, -0.2) is 8.42 Å². The van der Waals surface area contributed by atoms with Gasteiger partial charge in [0.05, 0.1) is 4.90 Å². The second kappa shape index (κ2) is 7.37. The lowest BCUT2D eigenvalue weighted by atomic mass is 10.3. The minimum Gasteiger partial charge on any atom is -0.339 e. The van der Waals surface area contributed by atoms with Crippen molar-refractivity contribution in [2.24, 2.45) is 5.73 Å². The Labute approximate surface area is 123 Å². The largest absolute Gasteiger partial charge is 0.339 e. The van der Waals surface area contributed by atoms with Gasteiger partial charge in [-0.05, 0) is 25.1 Å². The van der Waals surface area contributed by atoms with Gasteiger partial charge in [0.15, 0.2) is 15.7 Å². The summed E-state index contributed by atoms with van der Waals surface area (Å²) in [5, 5.41) is 3.67. The Morgan fingerprint density at radius 3 is 2.55 bits per heavy atom. The van der Waals surface area contributed by atoms with E-state index in [1.807, 2.05) is 0 Å². The van der Waals surface area contributed by atoms with Crippen LogP contribution in [-0.4, -0.2) is 25.1 Å². The summed E-state index contributed by atoms with van der Waals surface area (Å²) < 4.78 is 29.1. The molecular weight excluding hydrogens is 302 g/mol. The van der Waals surface area contributed by atoms with Crippen molar-refractivity contribution in [3.8, 4) is 0 Å². The fourth-order valence-corrected chi connectivity index (χ4v) is 2.78. The zero-order chi connectivity index (χ0) is 13.7. The summed E-state index contributed by atoms with van der Waals surface area (Å²) in [6.45, 7) is 0.528. The van der Waals surface area contributed by atoms with Crippen LogP contribution in [0.4, 0.5) is 0 Å². The number of rotatable bonds is 6. The molecule has 8 heteroatoms. The van der Waals surface area contributed by atoms with Gasteiger partial charge in [0, 0.05) is 6.42 Å². The Morgan fingerprint density at radius 2 is 1.90 bits per heavy atom. The molecule has 0 radical (unpaired) electrons. The van der Waals surface area contributed by atoms with E-state index in [1.54, 1.807) is 30.3 Å². The molecule has 2 N–H and O–H groups in total. The SMILES string of the molecule is Cl.NCCCc1nc(CS(=O)(=O)c2ccccc2)no1. The number of aryl methyl sites for hydroxylation is 1. The molecule has 2 rings (SSSR count). The quantitative estimate of drug-likeness (QED) is 0.863. The number of nitrogens with two attached hydrogens (primary N) is 1. The van der Waals surface area contributed by atoms with Crippen molar-refractivity contribution in [2.45, 2.75) is 23.5 Å². The predicted octanol–water partition coefficient (Wildman–Crippen LogP) is 1.36. The molecule has 1 aromatic heterocycles. The van der Waals surface area contributed by atoms with Gasteiger partial charge < -0.3 is 10.3 Å². The van der Waals surface area contributed by atoms with E-state index >= 15 is 0 Å². The van der Waals surface area contributed by atoms with E-state index in [4.69, 9.17) is 10.3 Å². The molecule has 0 saturated heterocycles. The summed E-state index contributed by atoms with van der Waals surface area (Å²) in [4.78, 5) is 4.30. The van der Waals surface area contributed by atoms with E-state index in [1.165, 1.54) is 0 Å². The molecule has 0 bridgehead atoms. The first-order valence-electron chi connectivity index (χ1n) is 5.91. The van der Waals surface area contributed by atoms with E-state index < -0.39 is 9.84 Å². The first-order valence-corrected chi connectivity index (χ1v) is 7.56. The van der Waals surface area contributed by atoms with Gasteiger partial charge in [-0.1, -0.05) is 23.4 Å². The fraction of sp³-hybridized carbons (Fsp3) is 0.333. The number of hydrogen-bond acceptors (Lipinski definition) is 6. The molecule has 1 aromatic carbocycles. The van der Waals surface area contributed by atoms with Crippen LogP contribution < -0.4 is 5.73 Å². The summed E-state index contributed by atoms with van der Waals surface area (Å²) >= 11 is 0. The number of benzene rings is 1. The number of halogens is 1. The normalized spacial score (nSPS) is 11.1. The van der Waals surface area contributed by atoms with Crippen LogP contribution in [0.2, 0.25) is 0 Å². The van der Waals surface area contributed by atoms with Crippen LogP contribution in [0.5, 0.6) is 0 Å². The minimum atomic E-state index is -3.43. The molecule has 2 aromatic rings. The highest BCUT2D eigenvalue weighted by Crippen LogP contribution is 2.14. The predicted molar refractivity (Wildman–Crippen MR) is 76.3 cm³/mol. The molecule has 0 aliphatic rings. The van der Waals surface area contributed by atoms with Gasteiger partial charge in [-0.15, -0.1) is 12.4 Å². The zero-order valence-electron chi connectivity index (χ0n) is 10.7. The zero-order valence-corrected chi connectivity index (χ0v) is 12.4. The standard InChI is InChI=1S/C12H15N3O3S.ClH/c13-8-4-7-12-14-11(15-18-12)9-19(16,17)10-5-2-1-3-6-10;/h1-3,5-6H,4,7-9,13H2;1H. The van der Waals surface area contributed by atoms with E-state index in [0.29, 0.717) is 18.9 Å². The number of aromatic nitrogens is 2. The summed E-state index contributed by atoms with van der Waals surface area (Å²) in [5.41, 5.74) is 5.38. The van der Waals surface area contributed by atoms with E-state index in [-0.39, 0.29) is 28.9 Å². The molecule has 0 aliphatic heterocycles. The average molecular weight is 318 g/mol. The van der Waals surface area contributed by atoms with Gasteiger partial charge in [-0.2, -0.15) is 4.98 Å². The molecule has 20 heavy (non-hydrogen) atoms. The van der Waals surface area contributed by atoms with Gasteiger partial charge in [0.2, 0.25) is 5.89 Å². The molecule has 6 nitrogen and oxygen atoms in total. The van der Waals surface area contributed by atoms with Crippen LogP contribution in [0.1, 0.15) is 18.1 Å². The van der Waals surface area contributed by atoms with Gasteiger partial charge >= 0.3 is 0 Å². The van der Waals surface area contributed by atoms with Crippen molar-refractivity contribution in [3.05, 3.63) is 42.0 Å². The van der Waals surface area contributed by atoms with Crippen molar-refractivity contribution in [1.82, 2.24) is 10.1 Å². The van der Waals surface area contributed by atoms with Gasteiger partial charge in [0.25, 0.3) is 0 Å². The third-order valence-electron chi connectivity index (χ3n) is 2.53. The molecule has 0 atom stereocenters. The maximum atomic E-state index is 12.1. The molecule has 110 valence electrons. The molecule has 0 unspecified atom stereocenters. The summed E-state index contributed by atoms with van der Waals surface area (Å²) in [7, 11) is -3.43. The Kier molecular flexibility index (Phi) is 6.12. The van der Waals surface area contributed by atoms with E-state index in [0.717, 1.165) is 6.42 Å². The first-order chi connectivity index (χ1) is 9.12. The number of hydrogen-bond donors (Lipinski definition) is 1. The van der Waals surface area contributed by atoms with Crippen molar-refractivity contribution >= 4 is 22.2 Å². The monoisotopic (exact) mass is 317 g/mol. The first kappa shape index (κ1) is 16.6. The van der Waals surface area contributed by atoms with Crippen LogP contribution >= 0.6 is 12.4 Å². The topological polar surface area (TPSA) is 99.1 Å². The maximum absolute atomic E-state index is 12.1. The maximum Gasteiger partial charge on any atom is 0.226 e. The van der Waals surface area contributed by atoms with Gasteiger partial charge in [-0.3, -0.25) is 0 Å². The van der Waals surface area contributed by atoms with Crippen LogP contribution in [0, 0.1) is 0 Å². The number of sulfone groups is 1. The van der Waals surface area contributed by atoms with Crippen molar-refractivity contribution in [2.75, 3.05) is 6.54 Å². The number of nitrogens with zero attached hydrogens (tertiary/aromatic N) is 2. The molecule has 0 amide bonds. The molecule has 0 aliphatic carbocycles. The molecule has 1 heterocycles. The van der Waals surface area contributed by atoms with Crippen LogP contribution in [0.3, 0.4) is 0 Å². The third-order valence-corrected chi connectivity index (χ3v) is 4.15. The van der Waals surface area contributed by atoms with E-state index in [2.05, 4.69) is 10.1 Å². The Morgan fingerprint density at radius 1 is 1.20 bits per heavy atom. The Balaban J connectivity index is 0.00000200. The molecule has 0 fully saturated rings. The highest BCUT2D eigenvalue weighted by atomic mass is 35.5. The molecule has 0 spiro atoms. The second-order valence-electron chi connectivity index (χ2n) is 4.07. The average Bonchev–Trinajstić information content (AvgIpc) is 2.84. The Hall–Kier alpha value is -1.44. The lowest BCUT2D eigenvalue weighted by Crippen LogP contribution is -2.06. The molecular formula is C12H16ClN3O3S. The smallest absolute Gasteiger partial charge is 0.226 e.